The van der Waals surface area contributed by atoms with Gasteiger partial charge in [0.05, 0.1) is 5.56 Å². The average molecular weight is 310 g/mol. The third-order valence-electron chi connectivity index (χ3n) is 2.97. The fourth-order valence-corrected chi connectivity index (χ4v) is 2.02. The van der Waals surface area contributed by atoms with E-state index in [9.17, 15) is 13.2 Å². The molecule has 0 aliphatic heterocycles. The van der Waals surface area contributed by atoms with Crippen molar-refractivity contribution in [2.75, 3.05) is 31.5 Å². The quantitative estimate of drug-likeness (QED) is 0.611. The first-order valence-electron chi connectivity index (χ1n) is 6.57. The smallest absolute Gasteiger partial charge is 0.370 e. The van der Waals surface area contributed by atoms with Crippen molar-refractivity contribution in [3.05, 3.63) is 22.8 Å². The Morgan fingerprint density at radius 3 is 2.45 bits per heavy atom. The van der Waals surface area contributed by atoms with E-state index >= 15 is 0 Å². The molecule has 0 aliphatic rings. The highest BCUT2D eigenvalue weighted by molar-refractivity contribution is 6.29. The van der Waals surface area contributed by atoms with Crippen LogP contribution in [0.5, 0.6) is 0 Å². The molecule has 3 nitrogen and oxygen atoms in total. The maximum absolute atomic E-state index is 12.6. The van der Waals surface area contributed by atoms with Gasteiger partial charge in [0.1, 0.15) is 11.0 Å². The Bertz CT molecular complexity index is 420. The molecule has 114 valence electrons. The molecule has 1 aromatic rings. The second-order valence-electron chi connectivity index (χ2n) is 4.37. The third kappa shape index (κ3) is 5.54. The number of anilines is 1. The van der Waals surface area contributed by atoms with Crippen molar-refractivity contribution < 1.29 is 13.2 Å². The molecule has 0 aromatic carbocycles. The average Bonchev–Trinajstić information content (AvgIpc) is 2.37. The highest BCUT2D eigenvalue weighted by Crippen LogP contribution is 2.31. The summed E-state index contributed by atoms with van der Waals surface area (Å²) in [7, 11) is 0. The molecule has 1 rings (SSSR count). The maximum Gasteiger partial charge on any atom is 0.416 e. The van der Waals surface area contributed by atoms with E-state index in [0.29, 0.717) is 6.54 Å². The Morgan fingerprint density at radius 1 is 1.25 bits per heavy atom. The lowest BCUT2D eigenvalue weighted by Crippen LogP contribution is -2.25. The Labute approximate surface area is 122 Å². The Balaban J connectivity index is 2.54. The van der Waals surface area contributed by atoms with Crippen LogP contribution in [0.25, 0.3) is 0 Å². The summed E-state index contributed by atoms with van der Waals surface area (Å²) in [5.74, 6) is 0.157. The molecule has 0 spiro atoms. The molecule has 0 aliphatic carbocycles. The summed E-state index contributed by atoms with van der Waals surface area (Å²) in [6.45, 7) is 7.53. The normalized spacial score (nSPS) is 11.9. The van der Waals surface area contributed by atoms with Gasteiger partial charge in [-0.2, -0.15) is 13.2 Å². The van der Waals surface area contributed by atoms with Crippen molar-refractivity contribution in [2.45, 2.75) is 26.4 Å². The SMILES string of the molecule is CCN(CC)CCCNc1cc(C(F)(F)F)cc(Cl)n1. The van der Waals surface area contributed by atoms with Gasteiger partial charge in [-0.05, 0) is 38.2 Å². The van der Waals surface area contributed by atoms with E-state index in [1.54, 1.807) is 0 Å². The first kappa shape index (κ1) is 17.0. The van der Waals surface area contributed by atoms with E-state index < -0.39 is 11.7 Å². The van der Waals surface area contributed by atoms with E-state index in [4.69, 9.17) is 11.6 Å². The van der Waals surface area contributed by atoms with Gasteiger partial charge in [-0.1, -0.05) is 25.4 Å². The van der Waals surface area contributed by atoms with Gasteiger partial charge >= 0.3 is 6.18 Å². The molecule has 0 unspecified atom stereocenters. The summed E-state index contributed by atoms with van der Waals surface area (Å²) in [5, 5.41) is 2.72. The minimum absolute atomic E-state index is 0.157. The fourth-order valence-electron chi connectivity index (χ4n) is 1.81. The van der Waals surface area contributed by atoms with Crippen molar-refractivity contribution in [3.8, 4) is 0 Å². The van der Waals surface area contributed by atoms with Crippen molar-refractivity contribution in [3.63, 3.8) is 0 Å². The third-order valence-corrected chi connectivity index (χ3v) is 3.17. The van der Waals surface area contributed by atoms with E-state index in [1.807, 2.05) is 0 Å². The summed E-state index contributed by atoms with van der Waals surface area (Å²) in [6.07, 6.45) is -3.58. The summed E-state index contributed by atoms with van der Waals surface area (Å²) in [6, 6.07) is 1.80. The summed E-state index contributed by atoms with van der Waals surface area (Å²) in [4.78, 5) is 6.09. The first-order valence-corrected chi connectivity index (χ1v) is 6.95. The van der Waals surface area contributed by atoms with E-state index in [-0.39, 0.29) is 11.0 Å². The zero-order valence-electron chi connectivity index (χ0n) is 11.6. The minimum atomic E-state index is -4.41. The highest BCUT2D eigenvalue weighted by atomic mass is 35.5. The van der Waals surface area contributed by atoms with Gasteiger partial charge in [0, 0.05) is 6.54 Å². The van der Waals surface area contributed by atoms with Crippen molar-refractivity contribution in [1.82, 2.24) is 9.88 Å². The molecule has 0 bridgehead atoms. The standard InChI is InChI=1S/C13H19ClF3N3/c1-3-20(4-2)7-5-6-18-12-9-10(13(15,16)17)8-11(14)19-12/h8-9H,3-7H2,1-2H3,(H,18,19). The predicted molar refractivity (Wildman–Crippen MR) is 75.1 cm³/mol. The van der Waals surface area contributed by atoms with Crippen LogP contribution in [0.1, 0.15) is 25.8 Å². The van der Waals surface area contributed by atoms with E-state index in [1.165, 1.54) is 0 Å². The van der Waals surface area contributed by atoms with Crippen LogP contribution in [0, 0.1) is 0 Å². The van der Waals surface area contributed by atoms with E-state index in [2.05, 4.69) is 29.0 Å². The molecule has 0 saturated heterocycles. The maximum atomic E-state index is 12.6. The molecule has 7 heteroatoms. The Morgan fingerprint density at radius 2 is 1.90 bits per heavy atom. The molecular formula is C13H19ClF3N3. The largest absolute Gasteiger partial charge is 0.416 e. The van der Waals surface area contributed by atoms with Gasteiger partial charge < -0.3 is 10.2 Å². The van der Waals surface area contributed by atoms with Gasteiger partial charge in [-0.3, -0.25) is 0 Å². The molecule has 0 atom stereocenters. The molecule has 0 radical (unpaired) electrons. The second kappa shape index (κ2) is 7.69. The van der Waals surface area contributed by atoms with Crippen LogP contribution < -0.4 is 5.32 Å². The van der Waals surface area contributed by atoms with Gasteiger partial charge in [-0.25, -0.2) is 4.98 Å². The number of pyridine rings is 1. The van der Waals surface area contributed by atoms with Crippen LogP contribution in [0.3, 0.4) is 0 Å². The van der Waals surface area contributed by atoms with Crippen LogP contribution in [0.15, 0.2) is 12.1 Å². The van der Waals surface area contributed by atoms with Crippen molar-refractivity contribution >= 4 is 17.4 Å². The van der Waals surface area contributed by atoms with Crippen LogP contribution in [0.2, 0.25) is 5.15 Å². The molecule has 0 fully saturated rings. The topological polar surface area (TPSA) is 28.2 Å². The number of halogens is 4. The number of nitrogens with one attached hydrogen (secondary N) is 1. The number of hydrogen-bond acceptors (Lipinski definition) is 3. The lowest BCUT2D eigenvalue weighted by atomic mass is 10.2. The van der Waals surface area contributed by atoms with Gasteiger partial charge in [0.25, 0.3) is 0 Å². The fraction of sp³-hybridized carbons (Fsp3) is 0.615. The number of aromatic nitrogens is 1. The molecule has 0 amide bonds. The van der Waals surface area contributed by atoms with E-state index in [0.717, 1.165) is 38.2 Å². The van der Waals surface area contributed by atoms with Gasteiger partial charge in [-0.15, -0.1) is 0 Å². The zero-order valence-corrected chi connectivity index (χ0v) is 12.4. The first-order chi connectivity index (χ1) is 9.36. The molecule has 1 aromatic heterocycles. The lowest BCUT2D eigenvalue weighted by molar-refractivity contribution is -0.137. The lowest BCUT2D eigenvalue weighted by Gasteiger charge is -2.18. The molecule has 1 N–H and O–H groups in total. The summed E-state index contributed by atoms with van der Waals surface area (Å²) in [5.41, 5.74) is -0.788. The van der Waals surface area contributed by atoms with Crippen molar-refractivity contribution in [2.24, 2.45) is 0 Å². The Kier molecular flexibility index (Phi) is 6.55. The molecule has 0 saturated carbocycles. The zero-order chi connectivity index (χ0) is 15.2. The number of hydrogen-bond donors (Lipinski definition) is 1. The number of rotatable bonds is 7. The molecule has 20 heavy (non-hydrogen) atoms. The second-order valence-corrected chi connectivity index (χ2v) is 4.76. The number of nitrogens with zero attached hydrogens (tertiary/aromatic N) is 2. The Hall–Kier alpha value is -1.01. The minimum Gasteiger partial charge on any atom is -0.370 e. The van der Waals surface area contributed by atoms with Crippen LogP contribution >= 0.6 is 11.6 Å². The summed E-state index contributed by atoms with van der Waals surface area (Å²) >= 11 is 5.60. The van der Waals surface area contributed by atoms with Crippen LogP contribution in [0.4, 0.5) is 19.0 Å². The monoisotopic (exact) mass is 309 g/mol. The molecular weight excluding hydrogens is 291 g/mol. The van der Waals surface area contributed by atoms with Crippen LogP contribution in [-0.2, 0) is 6.18 Å². The summed E-state index contributed by atoms with van der Waals surface area (Å²) < 4.78 is 37.8. The van der Waals surface area contributed by atoms with Gasteiger partial charge in [0.2, 0.25) is 0 Å². The highest BCUT2D eigenvalue weighted by Gasteiger charge is 2.31. The predicted octanol–water partition coefficient (Wildman–Crippen LogP) is 3.90. The van der Waals surface area contributed by atoms with Gasteiger partial charge in [0.15, 0.2) is 0 Å². The van der Waals surface area contributed by atoms with Crippen LogP contribution in [-0.4, -0.2) is 36.1 Å². The number of alkyl halides is 3. The molecule has 1 heterocycles. The van der Waals surface area contributed by atoms with Crippen molar-refractivity contribution in [1.29, 1.82) is 0 Å².